The smallest absolute Gasteiger partial charge is 0.493 e. The second-order valence-electron chi connectivity index (χ2n) is 6.27. The maximum absolute atomic E-state index is 11.5. The molecule has 0 spiro atoms. The molecular formula is C20H22NO10P. The van der Waals surface area contributed by atoms with E-state index < -0.39 is 7.82 Å². The maximum Gasteiger partial charge on any atom is 0.524 e. The monoisotopic (exact) mass is 467 g/mol. The van der Waals surface area contributed by atoms with Crippen molar-refractivity contribution < 1.29 is 47.1 Å². The number of phosphoric acid groups is 1. The van der Waals surface area contributed by atoms with Gasteiger partial charge >= 0.3 is 7.82 Å². The van der Waals surface area contributed by atoms with Gasteiger partial charge in [-0.3, -0.25) is 9.79 Å². The number of rotatable bonds is 9. The van der Waals surface area contributed by atoms with E-state index in [-0.39, 0.29) is 17.2 Å². The summed E-state index contributed by atoms with van der Waals surface area (Å²) in [4.78, 5) is 18.6. The van der Waals surface area contributed by atoms with Crippen molar-refractivity contribution in [1.29, 1.82) is 0 Å². The maximum atomic E-state index is 11.5. The van der Waals surface area contributed by atoms with Gasteiger partial charge in [0.1, 0.15) is 0 Å². The standard InChI is InChI=1S/C20H22NO10P/c1-25-14-6-11(7-17(20(14)29-5)31-32(22,23)24)13-10-21-30-18(13)12-8-15(26-2)19(28-4)16(9-12)27-3/h6-10H,1-5H3,(H2,22,23,24). The highest BCUT2D eigenvalue weighted by Gasteiger charge is 2.25. The van der Waals surface area contributed by atoms with Crippen LogP contribution >= 0.6 is 7.82 Å². The minimum absolute atomic E-state index is 0.0189. The molecule has 2 N–H and O–H groups in total. The molecule has 3 rings (SSSR count). The van der Waals surface area contributed by atoms with E-state index in [0.717, 1.165) is 0 Å². The SMILES string of the molecule is COc1cc(-c2oncc2-c2cc(OC)c(OC)c(OP(=O)(O)O)c2)cc(OC)c1OC. The Morgan fingerprint density at radius 1 is 0.750 bits per heavy atom. The van der Waals surface area contributed by atoms with E-state index in [0.29, 0.717) is 39.7 Å². The molecule has 0 saturated carbocycles. The summed E-state index contributed by atoms with van der Waals surface area (Å²) >= 11 is 0. The van der Waals surface area contributed by atoms with Crippen LogP contribution in [0.3, 0.4) is 0 Å². The van der Waals surface area contributed by atoms with Crippen LogP contribution < -0.4 is 28.2 Å². The molecule has 172 valence electrons. The molecule has 2 aromatic carbocycles. The van der Waals surface area contributed by atoms with E-state index in [1.165, 1.54) is 47.8 Å². The zero-order valence-corrected chi connectivity index (χ0v) is 18.8. The first kappa shape index (κ1) is 23.3. The highest BCUT2D eigenvalue weighted by Crippen LogP contribution is 2.49. The molecule has 0 aliphatic heterocycles. The van der Waals surface area contributed by atoms with Gasteiger partial charge in [0, 0.05) is 11.1 Å². The Balaban J connectivity index is 2.20. The van der Waals surface area contributed by atoms with Gasteiger partial charge in [-0.05, 0) is 29.8 Å². The lowest BCUT2D eigenvalue weighted by atomic mass is 10.0. The molecule has 1 aromatic heterocycles. The van der Waals surface area contributed by atoms with Gasteiger partial charge < -0.3 is 32.7 Å². The predicted octanol–water partition coefficient (Wildman–Crippen LogP) is 3.52. The molecule has 3 aromatic rings. The topological polar surface area (TPSA) is 139 Å². The quantitative estimate of drug-likeness (QED) is 0.447. The summed E-state index contributed by atoms with van der Waals surface area (Å²) in [6.45, 7) is 0. The van der Waals surface area contributed by atoms with E-state index in [4.69, 9.17) is 32.7 Å². The second kappa shape index (κ2) is 9.39. The van der Waals surface area contributed by atoms with Gasteiger partial charge in [-0.2, -0.15) is 0 Å². The zero-order chi connectivity index (χ0) is 23.5. The Bertz CT molecular complexity index is 1130. The van der Waals surface area contributed by atoms with E-state index in [1.54, 1.807) is 18.2 Å². The number of hydrogen-bond donors (Lipinski definition) is 2. The number of aromatic nitrogens is 1. The fourth-order valence-electron chi connectivity index (χ4n) is 3.15. The van der Waals surface area contributed by atoms with Gasteiger partial charge in [-0.15, -0.1) is 0 Å². The minimum atomic E-state index is -4.88. The molecule has 0 atom stereocenters. The van der Waals surface area contributed by atoms with Crippen molar-refractivity contribution in [2.75, 3.05) is 35.5 Å². The summed E-state index contributed by atoms with van der Waals surface area (Å²) in [5, 5.41) is 3.88. The van der Waals surface area contributed by atoms with Crippen molar-refractivity contribution in [2.24, 2.45) is 0 Å². The molecule has 0 unspecified atom stereocenters. The van der Waals surface area contributed by atoms with Crippen molar-refractivity contribution in [3.63, 3.8) is 0 Å². The van der Waals surface area contributed by atoms with E-state index in [2.05, 4.69) is 5.16 Å². The summed E-state index contributed by atoms with van der Waals surface area (Å²) in [7, 11) is 2.30. The molecule has 0 saturated heterocycles. The summed E-state index contributed by atoms with van der Waals surface area (Å²) in [6.07, 6.45) is 1.45. The number of hydrogen-bond acceptors (Lipinski definition) is 9. The van der Waals surface area contributed by atoms with Gasteiger partial charge in [0.15, 0.2) is 28.8 Å². The van der Waals surface area contributed by atoms with Crippen molar-refractivity contribution in [3.8, 4) is 56.9 Å². The highest BCUT2D eigenvalue weighted by atomic mass is 31.2. The van der Waals surface area contributed by atoms with E-state index in [9.17, 15) is 14.4 Å². The molecule has 1 heterocycles. The third-order valence-corrected chi connectivity index (χ3v) is 4.90. The molecule has 0 amide bonds. The summed E-state index contributed by atoms with van der Waals surface area (Å²) < 4.78 is 48.4. The number of benzene rings is 2. The van der Waals surface area contributed by atoms with Crippen molar-refractivity contribution in [1.82, 2.24) is 5.16 Å². The fourth-order valence-corrected chi connectivity index (χ4v) is 3.54. The minimum Gasteiger partial charge on any atom is -0.493 e. The lowest BCUT2D eigenvalue weighted by Gasteiger charge is -2.16. The first-order valence-corrected chi connectivity index (χ1v) is 10.6. The molecule has 0 bridgehead atoms. The molecule has 0 aliphatic rings. The molecule has 0 aliphatic carbocycles. The van der Waals surface area contributed by atoms with Crippen molar-refractivity contribution in [2.45, 2.75) is 0 Å². The van der Waals surface area contributed by atoms with Crippen LogP contribution in [0.15, 0.2) is 35.0 Å². The van der Waals surface area contributed by atoms with Gasteiger partial charge in [0.2, 0.25) is 11.5 Å². The summed E-state index contributed by atoms with van der Waals surface area (Å²) in [5.41, 5.74) is 1.48. The summed E-state index contributed by atoms with van der Waals surface area (Å²) in [6, 6.07) is 6.34. The van der Waals surface area contributed by atoms with Gasteiger partial charge in [0.25, 0.3) is 0 Å². The van der Waals surface area contributed by atoms with Crippen LogP contribution in [0.25, 0.3) is 22.5 Å². The largest absolute Gasteiger partial charge is 0.524 e. The van der Waals surface area contributed by atoms with Crippen LogP contribution in [0.2, 0.25) is 0 Å². The zero-order valence-electron chi connectivity index (χ0n) is 17.9. The molecule has 12 heteroatoms. The van der Waals surface area contributed by atoms with Crippen molar-refractivity contribution >= 4 is 7.82 Å². The van der Waals surface area contributed by atoms with Crippen LogP contribution in [0.4, 0.5) is 0 Å². The molecule has 0 radical (unpaired) electrons. The molecule has 11 nitrogen and oxygen atoms in total. The lowest BCUT2D eigenvalue weighted by molar-refractivity contribution is 0.273. The number of nitrogens with zero attached hydrogens (tertiary/aromatic N) is 1. The Hall–Kier alpha value is -3.40. The van der Waals surface area contributed by atoms with Gasteiger partial charge in [-0.25, -0.2) is 4.57 Å². The number of phosphoric ester groups is 1. The average molecular weight is 467 g/mol. The number of ether oxygens (including phenoxy) is 5. The number of methoxy groups -OCH3 is 5. The molecule has 32 heavy (non-hydrogen) atoms. The normalized spacial score (nSPS) is 11.1. The van der Waals surface area contributed by atoms with Crippen LogP contribution in [0.1, 0.15) is 0 Å². The van der Waals surface area contributed by atoms with Crippen molar-refractivity contribution in [3.05, 3.63) is 30.5 Å². The van der Waals surface area contributed by atoms with Gasteiger partial charge in [-0.1, -0.05) is 5.16 Å². The second-order valence-corrected chi connectivity index (χ2v) is 7.44. The third-order valence-electron chi connectivity index (χ3n) is 4.47. The Labute approximate surface area is 183 Å². The van der Waals surface area contributed by atoms with E-state index >= 15 is 0 Å². The Morgan fingerprint density at radius 2 is 1.22 bits per heavy atom. The summed E-state index contributed by atoms with van der Waals surface area (Å²) in [5.74, 6) is 1.54. The molecule has 0 fully saturated rings. The third kappa shape index (κ3) is 4.59. The van der Waals surface area contributed by atoms with E-state index in [1.807, 2.05) is 0 Å². The molecular weight excluding hydrogens is 445 g/mol. The lowest BCUT2D eigenvalue weighted by Crippen LogP contribution is -1.98. The van der Waals surface area contributed by atoms with Crippen LogP contribution in [-0.4, -0.2) is 50.5 Å². The average Bonchev–Trinajstić information content (AvgIpc) is 3.26. The predicted molar refractivity (Wildman–Crippen MR) is 113 cm³/mol. The Morgan fingerprint density at radius 3 is 1.69 bits per heavy atom. The highest BCUT2D eigenvalue weighted by molar-refractivity contribution is 7.46. The van der Waals surface area contributed by atoms with Crippen LogP contribution in [0, 0.1) is 0 Å². The van der Waals surface area contributed by atoms with Crippen LogP contribution in [-0.2, 0) is 4.57 Å². The first-order chi connectivity index (χ1) is 15.3. The van der Waals surface area contributed by atoms with Crippen LogP contribution in [0.5, 0.6) is 34.5 Å². The van der Waals surface area contributed by atoms with Gasteiger partial charge in [0.05, 0.1) is 41.7 Å². The first-order valence-electron chi connectivity index (χ1n) is 9.02. The fraction of sp³-hybridized carbons (Fsp3) is 0.250. The Kier molecular flexibility index (Phi) is 6.83.